The number of methoxy groups -OCH3 is 1. The summed E-state index contributed by atoms with van der Waals surface area (Å²) < 4.78 is 24.1. The van der Waals surface area contributed by atoms with E-state index < -0.39 is 0 Å². The number of halogens is 1. The van der Waals surface area contributed by atoms with Crippen LogP contribution in [0.2, 0.25) is 0 Å². The highest BCUT2D eigenvalue weighted by molar-refractivity contribution is 5.79. The molecule has 0 bridgehead atoms. The molecule has 162 valence electrons. The third-order valence-corrected chi connectivity index (χ3v) is 5.62. The molecule has 8 heteroatoms. The van der Waals surface area contributed by atoms with Crippen LogP contribution < -0.4 is 15.0 Å². The Bertz CT molecular complexity index is 1010. The minimum absolute atomic E-state index is 0.0147. The summed E-state index contributed by atoms with van der Waals surface area (Å²) in [6.45, 7) is 3.22. The van der Waals surface area contributed by atoms with E-state index in [1.54, 1.807) is 19.2 Å². The van der Waals surface area contributed by atoms with Gasteiger partial charge < -0.3 is 19.4 Å². The van der Waals surface area contributed by atoms with Crippen LogP contribution in [-0.2, 0) is 4.79 Å². The van der Waals surface area contributed by atoms with Crippen LogP contribution in [-0.4, -0.2) is 36.3 Å². The van der Waals surface area contributed by atoms with Gasteiger partial charge in [-0.15, -0.1) is 5.10 Å². The monoisotopic (exact) mass is 424 g/mol. The molecule has 1 saturated heterocycles. The largest absolute Gasteiger partial charge is 0.497 e. The first-order chi connectivity index (χ1) is 15.0. The number of piperidine rings is 1. The molecule has 1 aromatic heterocycles. The highest BCUT2D eigenvalue weighted by Crippen LogP contribution is 2.27. The van der Waals surface area contributed by atoms with E-state index in [9.17, 15) is 9.18 Å². The van der Waals surface area contributed by atoms with Crippen molar-refractivity contribution in [2.24, 2.45) is 5.92 Å². The third-order valence-electron chi connectivity index (χ3n) is 5.62. The van der Waals surface area contributed by atoms with Gasteiger partial charge in [0.2, 0.25) is 11.8 Å². The quantitative estimate of drug-likeness (QED) is 0.645. The lowest BCUT2D eigenvalue weighted by molar-refractivity contribution is -0.126. The van der Waals surface area contributed by atoms with Gasteiger partial charge in [0, 0.05) is 24.6 Å². The first kappa shape index (κ1) is 20.8. The lowest BCUT2D eigenvalue weighted by Gasteiger charge is -2.30. The Kier molecular flexibility index (Phi) is 6.16. The lowest BCUT2D eigenvalue weighted by atomic mass is 9.95. The zero-order chi connectivity index (χ0) is 21.8. The number of rotatable bonds is 6. The van der Waals surface area contributed by atoms with Crippen molar-refractivity contribution >= 4 is 11.9 Å². The molecule has 0 spiro atoms. The number of aromatic nitrogens is 2. The molecule has 1 aliphatic heterocycles. The van der Waals surface area contributed by atoms with Gasteiger partial charge in [0.1, 0.15) is 11.6 Å². The number of ether oxygens (including phenoxy) is 1. The van der Waals surface area contributed by atoms with Gasteiger partial charge >= 0.3 is 6.01 Å². The first-order valence-corrected chi connectivity index (χ1v) is 10.3. The predicted octanol–water partition coefficient (Wildman–Crippen LogP) is 3.98. The minimum atomic E-state index is -0.286. The number of carbonyl (C=O) groups is 1. The van der Waals surface area contributed by atoms with E-state index >= 15 is 0 Å². The van der Waals surface area contributed by atoms with Crippen LogP contribution in [0.1, 0.15) is 31.4 Å². The second kappa shape index (κ2) is 9.16. The van der Waals surface area contributed by atoms with Gasteiger partial charge in [0.15, 0.2) is 0 Å². The summed E-state index contributed by atoms with van der Waals surface area (Å²) in [5.74, 6) is 0.859. The number of hydrogen-bond donors (Lipinski definition) is 1. The first-order valence-electron chi connectivity index (χ1n) is 10.3. The van der Waals surface area contributed by atoms with E-state index in [0.29, 0.717) is 37.8 Å². The van der Waals surface area contributed by atoms with Crippen LogP contribution in [0.4, 0.5) is 10.4 Å². The fraction of sp³-hybridized carbons (Fsp3) is 0.348. The van der Waals surface area contributed by atoms with Gasteiger partial charge in [-0.1, -0.05) is 17.2 Å². The predicted molar refractivity (Wildman–Crippen MR) is 114 cm³/mol. The van der Waals surface area contributed by atoms with Gasteiger partial charge in [0.25, 0.3) is 0 Å². The Labute approximate surface area is 180 Å². The summed E-state index contributed by atoms with van der Waals surface area (Å²) in [5.41, 5.74) is 1.70. The van der Waals surface area contributed by atoms with Crippen molar-refractivity contribution < 1.29 is 18.3 Å². The minimum Gasteiger partial charge on any atom is -0.497 e. The second-order valence-corrected chi connectivity index (χ2v) is 7.66. The molecule has 1 atom stereocenters. The summed E-state index contributed by atoms with van der Waals surface area (Å²) in [4.78, 5) is 14.7. The molecule has 0 aliphatic carbocycles. The molecule has 1 aliphatic rings. The number of hydrogen-bond acceptors (Lipinski definition) is 6. The normalized spacial score (nSPS) is 15.5. The molecule has 2 aromatic carbocycles. The maximum atomic E-state index is 13.1. The fourth-order valence-corrected chi connectivity index (χ4v) is 3.69. The molecule has 0 unspecified atom stereocenters. The Balaban J connectivity index is 1.31. The average Bonchev–Trinajstić information content (AvgIpc) is 3.30. The van der Waals surface area contributed by atoms with Crippen LogP contribution in [0.3, 0.4) is 0 Å². The average molecular weight is 424 g/mol. The summed E-state index contributed by atoms with van der Waals surface area (Å²) in [5, 5.41) is 11.3. The lowest BCUT2D eigenvalue weighted by Crippen LogP contribution is -2.41. The van der Waals surface area contributed by atoms with E-state index in [0.717, 1.165) is 16.9 Å². The standard InChI is InChI=1S/C23H25FN4O3/c1-15(16-3-7-19(24)8-4-16)25-21(29)17-11-13-28(14-12-17)23-27-26-22(31-23)18-5-9-20(30-2)10-6-18/h3-10,15,17H,11-14H2,1-2H3,(H,25,29)/t15-/m1/s1. The van der Waals surface area contributed by atoms with Gasteiger partial charge in [-0.25, -0.2) is 4.39 Å². The summed E-state index contributed by atoms with van der Waals surface area (Å²) in [6.07, 6.45) is 1.39. The zero-order valence-corrected chi connectivity index (χ0v) is 17.5. The van der Waals surface area contributed by atoms with E-state index in [1.807, 2.05) is 36.1 Å². The molecule has 31 heavy (non-hydrogen) atoms. The molecule has 1 amide bonds. The molecule has 1 fully saturated rings. The molecule has 0 radical (unpaired) electrons. The number of carbonyl (C=O) groups excluding carboxylic acids is 1. The zero-order valence-electron chi connectivity index (χ0n) is 17.5. The molecule has 3 aromatic rings. The van der Waals surface area contributed by atoms with Crippen molar-refractivity contribution in [1.82, 2.24) is 15.5 Å². The smallest absolute Gasteiger partial charge is 0.318 e. The number of benzene rings is 2. The fourth-order valence-electron chi connectivity index (χ4n) is 3.69. The molecule has 1 N–H and O–H groups in total. The molecule has 7 nitrogen and oxygen atoms in total. The maximum Gasteiger partial charge on any atom is 0.318 e. The molecule has 2 heterocycles. The Morgan fingerprint density at radius 2 is 1.81 bits per heavy atom. The third kappa shape index (κ3) is 4.84. The Morgan fingerprint density at radius 3 is 2.45 bits per heavy atom. The Morgan fingerprint density at radius 1 is 1.13 bits per heavy atom. The van der Waals surface area contributed by atoms with Crippen molar-refractivity contribution in [2.75, 3.05) is 25.1 Å². The van der Waals surface area contributed by atoms with Crippen LogP contribution in [0.5, 0.6) is 5.75 Å². The number of nitrogens with one attached hydrogen (secondary N) is 1. The van der Waals surface area contributed by atoms with Crippen molar-refractivity contribution in [1.29, 1.82) is 0 Å². The number of nitrogens with zero attached hydrogens (tertiary/aromatic N) is 3. The molecule has 4 rings (SSSR count). The van der Waals surface area contributed by atoms with E-state index in [1.165, 1.54) is 12.1 Å². The Hall–Kier alpha value is -3.42. The second-order valence-electron chi connectivity index (χ2n) is 7.66. The molecular formula is C23H25FN4O3. The topological polar surface area (TPSA) is 80.5 Å². The summed E-state index contributed by atoms with van der Waals surface area (Å²) in [6, 6.07) is 13.9. The number of anilines is 1. The highest BCUT2D eigenvalue weighted by atomic mass is 19.1. The molecule has 0 saturated carbocycles. The van der Waals surface area contributed by atoms with Crippen LogP contribution in [0, 0.1) is 11.7 Å². The van der Waals surface area contributed by atoms with Crippen molar-refractivity contribution in [3.63, 3.8) is 0 Å². The van der Waals surface area contributed by atoms with Crippen LogP contribution >= 0.6 is 0 Å². The van der Waals surface area contributed by atoms with E-state index in [4.69, 9.17) is 9.15 Å². The maximum absolute atomic E-state index is 13.1. The SMILES string of the molecule is COc1ccc(-c2nnc(N3CCC(C(=O)N[C@H](C)c4ccc(F)cc4)CC3)o2)cc1. The highest BCUT2D eigenvalue weighted by Gasteiger charge is 2.28. The van der Waals surface area contributed by atoms with E-state index in [2.05, 4.69) is 15.5 Å². The van der Waals surface area contributed by atoms with Gasteiger partial charge in [-0.2, -0.15) is 0 Å². The summed E-state index contributed by atoms with van der Waals surface area (Å²) >= 11 is 0. The van der Waals surface area contributed by atoms with E-state index in [-0.39, 0.29) is 23.7 Å². The van der Waals surface area contributed by atoms with Crippen LogP contribution in [0.25, 0.3) is 11.5 Å². The van der Waals surface area contributed by atoms with Crippen molar-refractivity contribution in [3.05, 3.63) is 59.9 Å². The van der Waals surface area contributed by atoms with Crippen LogP contribution in [0.15, 0.2) is 52.9 Å². The van der Waals surface area contributed by atoms with Crippen molar-refractivity contribution in [2.45, 2.75) is 25.8 Å². The van der Waals surface area contributed by atoms with Gasteiger partial charge in [-0.05, 0) is 61.7 Å². The molecular weight excluding hydrogens is 399 g/mol. The number of amides is 1. The van der Waals surface area contributed by atoms with Crippen molar-refractivity contribution in [3.8, 4) is 17.2 Å². The summed E-state index contributed by atoms with van der Waals surface area (Å²) in [7, 11) is 1.62. The van der Waals surface area contributed by atoms with Gasteiger partial charge in [-0.3, -0.25) is 4.79 Å². The van der Waals surface area contributed by atoms with Gasteiger partial charge in [0.05, 0.1) is 13.2 Å².